The number of hydrogen-bond acceptors (Lipinski definition) is 5. The van der Waals surface area contributed by atoms with Crippen molar-refractivity contribution in [3.63, 3.8) is 0 Å². The molecule has 22 heavy (non-hydrogen) atoms. The molecule has 1 aromatic heterocycles. The maximum atomic E-state index is 12.8. The van der Waals surface area contributed by atoms with Crippen LogP contribution in [0.1, 0.15) is 36.2 Å². The van der Waals surface area contributed by atoms with Gasteiger partial charge in [0.15, 0.2) is 5.69 Å². The van der Waals surface area contributed by atoms with Gasteiger partial charge in [-0.25, -0.2) is 0 Å². The Morgan fingerprint density at radius 3 is 2.82 bits per heavy atom. The van der Waals surface area contributed by atoms with Crippen LogP contribution in [0.4, 0.5) is 0 Å². The minimum Gasteiger partial charge on any atom is -0.332 e. The number of aryl methyl sites for hydroxylation is 1. The van der Waals surface area contributed by atoms with E-state index in [9.17, 15) is 4.79 Å². The van der Waals surface area contributed by atoms with Gasteiger partial charge in [-0.05, 0) is 38.1 Å². The maximum absolute atomic E-state index is 12.8. The molecule has 0 bridgehead atoms. The first kappa shape index (κ1) is 15.8. The molecule has 0 aliphatic carbocycles. The molecule has 1 unspecified atom stereocenters. The van der Waals surface area contributed by atoms with Crippen LogP contribution in [-0.2, 0) is 7.05 Å². The van der Waals surface area contributed by atoms with Crippen molar-refractivity contribution in [3.05, 3.63) is 11.9 Å². The summed E-state index contributed by atoms with van der Waals surface area (Å²) in [5, 5.41) is 7.90. The van der Waals surface area contributed by atoms with E-state index in [-0.39, 0.29) is 5.91 Å². The van der Waals surface area contributed by atoms with Crippen LogP contribution < -0.4 is 0 Å². The van der Waals surface area contributed by atoms with Crippen molar-refractivity contribution in [2.45, 2.75) is 31.7 Å². The van der Waals surface area contributed by atoms with E-state index < -0.39 is 0 Å². The van der Waals surface area contributed by atoms with Crippen LogP contribution in [0.15, 0.2) is 6.20 Å². The molecular weight excluding hydrogens is 298 g/mol. The van der Waals surface area contributed by atoms with E-state index in [1.807, 2.05) is 16.7 Å². The Balaban J connectivity index is 1.70. The smallest absolute Gasteiger partial charge is 0.276 e. The third-order valence-electron chi connectivity index (χ3n) is 4.44. The van der Waals surface area contributed by atoms with Gasteiger partial charge in [-0.15, -0.1) is 5.10 Å². The van der Waals surface area contributed by atoms with Crippen LogP contribution in [0.3, 0.4) is 0 Å². The van der Waals surface area contributed by atoms with E-state index in [4.69, 9.17) is 0 Å². The van der Waals surface area contributed by atoms with Crippen molar-refractivity contribution in [1.82, 2.24) is 24.8 Å². The number of amides is 1. The molecule has 1 atom stereocenters. The second-order valence-corrected chi connectivity index (χ2v) is 7.37. The number of carbonyl (C=O) groups excluding carboxylic acids is 1. The molecule has 0 N–H and O–H groups in total. The zero-order chi connectivity index (χ0) is 15.4. The fraction of sp³-hybridized carbons (Fsp3) is 0.800. The Morgan fingerprint density at radius 2 is 2.09 bits per heavy atom. The number of likely N-dealkylation sites (tertiary alicyclic amines) is 1. The van der Waals surface area contributed by atoms with Crippen molar-refractivity contribution < 1.29 is 4.79 Å². The zero-order valence-electron chi connectivity index (χ0n) is 13.3. The maximum Gasteiger partial charge on any atom is 0.276 e. The highest BCUT2D eigenvalue weighted by molar-refractivity contribution is 7.99. The van der Waals surface area contributed by atoms with E-state index >= 15 is 0 Å². The molecular formula is C15H25N5OS. The zero-order valence-corrected chi connectivity index (χ0v) is 14.1. The third-order valence-corrected chi connectivity index (χ3v) is 5.64. The Morgan fingerprint density at radius 1 is 1.27 bits per heavy atom. The van der Waals surface area contributed by atoms with E-state index in [0.29, 0.717) is 11.7 Å². The Bertz CT molecular complexity index is 500. The summed E-state index contributed by atoms with van der Waals surface area (Å²) in [6, 6.07) is 0.292. The molecule has 7 heteroatoms. The number of thioether (sulfide) groups is 1. The van der Waals surface area contributed by atoms with Crippen molar-refractivity contribution >= 4 is 17.7 Å². The SMILES string of the molecule is Cn1cc(C(=O)N2CCCSCC2CN2CCCCC2)nn1. The van der Waals surface area contributed by atoms with Gasteiger partial charge in [-0.2, -0.15) is 11.8 Å². The minimum atomic E-state index is 0.0395. The summed E-state index contributed by atoms with van der Waals surface area (Å²) in [5.41, 5.74) is 0.470. The summed E-state index contributed by atoms with van der Waals surface area (Å²) < 4.78 is 1.60. The summed E-state index contributed by atoms with van der Waals surface area (Å²) in [7, 11) is 1.80. The van der Waals surface area contributed by atoms with Crippen LogP contribution in [-0.4, -0.2) is 74.4 Å². The lowest BCUT2D eigenvalue weighted by Crippen LogP contribution is -2.49. The largest absolute Gasteiger partial charge is 0.332 e. The van der Waals surface area contributed by atoms with Crippen LogP contribution in [0.5, 0.6) is 0 Å². The van der Waals surface area contributed by atoms with Gasteiger partial charge >= 0.3 is 0 Å². The molecule has 122 valence electrons. The fourth-order valence-electron chi connectivity index (χ4n) is 3.28. The van der Waals surface area contributed by atoms with E-state index in [0.717, 1.165) is 31.0 Å². The molecule has 6 nitrogen and oxygen atoms in total. The van der Waals surface area contributed by atoms with Crippen molar-refractivity contribution in [1.29, 1.82) is 0 Å². The molecule has 2 aliphatic heterocycles. The highest BCUT2D eigenvalue weighted by Crippen LogP contribution is 2.20. The molecule has 0 spiro atoms. The molecule has 2 saturated heterocycles. The number of aromatic nitrogens is 3. The molecule has 1 aromatic rings. The van der Waals surface area contributed by atoms with Gasteiger partial charge in [-0.1, -0.05) is 11.6 Å². The topological polar surface area (TPSA) is 54.3 Å². The Kier molecular flexibility index (Phi) is 5.36. The van der Waals surface area contributed by atoms with E-state index in [1.54, 1.807) is 17.9 Å². The first-order valence-corrected chi connectivity index (χ1v) is 9.37. The monoisotopic (exact) mass is 323 g/mol. The predicted molar refractivity (Wildman–Crippen MR) is 88.1 cm³/mol. The quantitative estimate of drug-likeness (QED) is 0.838. The number of hydrogen-bond donors (Lipinski definition) is 0. The first-order valence-electron chi connectivity index (χ1n) is 8.21. The van der Waals surface area contributed by atoms with Gasteiger partial charge in [0.05, 0.1) is 12.2 Å². The van der Waals surface area contributed by atoms with Crippen LogP contribution >= 0.6 is 11.8 Å². The summed E-state index contributed by atoms with van der Waals surface area (Å²) in [6.45, 7) is 4.18. The van der Waals surface area contributed by atoms with E-state index in [1.165, 1.54) is 32.4 Å². The molecule has 2 aliphatic rings. The van der Waals surface area contributed by atoms with Gasteiger partial charge in [-0.3, -0.25) is 9.48 Å². The number of nitrogens with zero attached hydrogens (tertiary/aromatic N) is 5. The normalized spacial score (nSPS) is 24.2. The molecule has 2 fully saturated rings. The Hall–Kier alpha value is -1.08. The Labute approximate surface area is 136 Å². The second-order valence-electron chi connectivity index (χ2n) is 6.22. The number of rotatable bonds is 3. The standard InChI is InChI=1S/C15H25N5OS/c1-18-11-14(16-17-18)15(21)20-8-5-9-22-12-13(20)10-19-6-3-2-4-7-19/h11,13H,2-10,12H2,1H3. The minimum absolute atomic E-state index is 0.0395. The summed E-state index contributed by atoms with van der Waals surface area (Å²) in [4.78, 5) is 17.4. The van der Waals surface area contributed by atoms with Gasteiger partial charge in [0.1, 0.15) is 0 Å². The van der Waals surface area contributed by atoms with Gasteiger partial charge in [0.25, 0.3) is 5.91 Å². The van der Waals surface area contributed by atoms with Crippen LogP contribution in [0, 0.1) is 0 Å². The lowest BCUT2D eigenvalue weighted by molar-refractivity contribution is 0.0639. The first-order chi connectivity index (χ1) is 10.7. The third kappa shape index (κ3) is 3.81. The van der Waals surface area contributed by atoms with Gasteiger partial charge in [0, 0.05) is 25.9 Å². The van der Waals surface area contributed by atoms with Crippen LogP contribution in [0.25, 0.3) is 0 Å². The predicted octanol–water partition coefficient (Wildman–Crippen LogP) is 1.25. The van der Waals surface area contributed by atoms with Gasteiger partial charge in [0.2, 0.25) is 0 Å². The molecule has 3 heterocycles. The van der Waals surface area contributed by atoms with Crippen molar-refractivity contribution in [2.75, 3.05) is 37.7 Å². The summed E-state index contributed by atoms with van der Waals surface area (Å²) >= 11 is 1.97. The fourth-order valence-corrected chi connectivity index (χ4v) is 4.34. The average molecular weight is 323 g/mol. The molecule has 1 amide bonds. The molecule has 0 radical (unpaired) electrons. The second kappa shape index (κ2) is 7.46. The summed E-state index contributed by atoms with van der Waals surface area (Å²) in [5.74, 6) is 2.21. The van der Waals surface area contributed by atoms with Crippen molar-refractivity contribution in [3.8, 4) is 0 Å². The highest BCUT2D eigenvalue weighted by atomic mass is 32.2. The van der Waals surface area contributed by atoms with E-state index in [2.05, 4.69) is 15.2 Å². The lowest BCUT2D eigenvalue weighted by Gasteiger charge is -2.35. The summed E-state index contributed by atoms with van der Waals surface area (Å²) in [6.07, 6.45) is 6.71. The highest BCUT2D eigenvalue weighted by Gasteiger charge is 2.29. The van der Waals surface area contributed by atoms with Crippen LogP contribution in [0.2, 0.25) is 0 Å². The van der Waals surface area contributed by atoms with Crippen molar-refractivity contribution in [2.24, 2.45) is 7.05 Å². The number of carbonyl (C=O) groups is 1. The average Bonchev–Trinajstić information content (AvgIpc) is 2.84. The molecule has 0 aromatic carbocycles. The van der Waals surface area contributed by atoms with Gasteiger partial charge < -0.3 is 9.80 Å². The number of piperidine rings is 1. The molecule has 0 saturated carbocycles. The lowest BCUT2D eigenvalue weighted by atomic mass is 10.1. The molecule has 3 rings (SSSR count).